The number of piperidine rings is 1. The fourth-order valence-corrected chi connectivity index (χ4v) is 4.52. The van der Waals surface area contributed by atoms with Gasteiger partial charge in [-0.1, -0.05) is 29.4 Å². The van der Waals surface area contributed by atoms with Crippen LogP contribution in [0.4, 0.5) is 0 Å². The number of carbonyl (C=O) groups excluding carboxylic acids is 1. The number of amides is 1. The summed E-state index contributed by atoms with van der Waals surface area (Å²) in [5, 5.41) is 7.30. The van der Waals surface area contributed by atoms with E-state index in [1.165, 1.54) is 25.9 Å². The summed E-state index contributed by atoms with van der Waals surface area (Å²) in [6.07, 6.45) is 5.64. The van der Waals surface area contributed by atoms with Crippen LogP contribution in [0.5, 0.6) is 0 Å². The minimum absolute atomic E-state index is 0.0456. The van der Waals surface area contributed by atoms with E-state index in [0.717, 1.165) is 56.6 Å². The van der Waals surface area contributed by atoms with Crippen molar-refractivity contribution >= 4 is 5.91 Å². The molecule has 7 heteroatoms. The first-order chi connectivity index (χ1) is 14.7. The standard InChI is InChI=1S/C23H33N5O2/c1-18-8-2-3-10-20(18)22-25-21(30-26-22)17-28-14-6-9-19(16-28)23(29)24-11-7-15-27-12-4-5-13-27/h2-3,8,10,19H,4-7,9,11-17H2,1H3,(H,24,29). The SMILES string of the molecule is Cc1ccccc1-c1noc(CN2CCCC(C(=O)NCCCN3CCCC3)C2)n1. The monoisotopic (exact) mass is 411 g/mol. The fourth-order valence-electron chi connectivity index (χ4n) is 4.52. The molecule has 0 radical (unpaired) electrons. The summed E-state index contributed by atoms with van der Waals surface area (Å²) in [5.74, 6) is 1.48. The molecule has 4 rings (SSSR count). The van der Waals surface area contributed by atoms with Crippen molar-refractivity contribution in [3.05, 3.63) is 35.7 Å². The summed E-state index contributed by atoms with van der Waals surface area (Å²) in [6.45, 7) is 8.65. The van der Waals surface area contributed by atoms with Gasteiger partial charge >= 0.3 is 0 Å². The fraction of sp³-hybridized carbons (Fsp3) is 0.609. The van der Waals surface area contributed by atoms with Gasteiger partial charge in [-0.3, -0.25) is 9.69 Å². The lowest BCUT2D eigenvalue weighted by Gasteiger charge is -2.30. The van der Waals surface area contributed by atoms with Crippen LogP contribution in [-0.2, 0) is 11.3 Å². The molecular weight excluding hydrogens is 378 g/mol. The van der Waals surface area contributed by atoms with E-state index in [4.69, 9.17) is 4.52 Å². The first kappa shape index (κ1) is 21.0. The Labute approximate surface area is 178 Å². The molecule has 1 amide bonds. The van der Waals surface area contributed by atoms with Gasteiger partial charge in [-0.2, -0.15) is 4.98 Å². The van der Waals surface area contributed by atoms with E-state index in [0.29, 0.717) is 18.3 Å². The maximum atomic E-state index is 12.6. The zero-order valence-electron chi connectivity index (χ0n) is 18.0. The molecule has 1 aromatic carbocycles. The van der Waals surface area contributed by atoms with Crippen LogP contribution in [0.25, 0.3) is 11.4 Å². The lowest BCUT2D eigenvalue weighted by molar-refractivity contribution is -0.126. The summed E-state index contributed by atoms with van der Waals surface area (Å²) in [6, 6.07) is 8.04. The van der Waals surface area contributed by atoms with Crippen LogP contribution in [0, 0.1) is 12.8 Å². The van der Waals surface area contributed by atoms with Crippen LogP contribution < -0.4 is 5.32 Å². The highest BCUT2D eigenvalue weighted by atomic mass is 16.5. The molecule has 1 N–H and O–H groups in total. The molecule has 3 heterocycles. The molecule has 0 saturated carbocycles. The molecule has 0 aliphatic carbocycles. The Hall–Kier alpha value is -2.25. The molecule has 2 aliphatic rings. The number of nitrogens with zero attached hydrogens (tertiary/aromatic N) is 4. The smallest absolute Gasteiger partial charge is 0.241 e. The second-order valence-electron chi connectivity index (χ2n) is 8.59. The third-order valence-corrected chi connectivity index (χ3v) is 6.24. The molecule has 30 heavy (non-hydrogen) atoms. The molecule has 2 aromatic rings. The average molecular weight is 412 g/mol. The predicted molar refractivity (Wildman–Crippen MR) is 116 cm³/mol. The Morgan fingerprint density at radius 2 is 1.97 bits per heavy atom. The van der Waals surface area contributed by atoms with E-state index < -0.39 is 0 Å². The molecule has 1 aromatic heterocycles. The van der Waals surface area contributed by atoms with Crippen LogP contribution in [0.3, 0.4) is 0 Å². The van der Waals surface area contributed by atoms with Crippen LogP contribution >= 0.6 is 0 Å². The lowest BCUT2D eigenvalue weighted by atomic mass is 9.97. The van der Waals surface area contributed by atoms with E-state index in [1.807, 2.05) is 31.2 Å². The van der Waals surface area contributed by atoms with Gasteiger partial charge in [0, 0.05) is 18.7 Å². The minimum Gasteiger partial charge on any atom is -0.356 e. The summed E-state index contributed by atoms with van der Waals surface area (Å²) in [7, 11) is 0. The number of carbonyl (C=O) groups is 1. The first-order valence-electron chi connectivity index (χ1n) is 11.3. The predicted octanol–water partition coefficient (Wildman–Crippen LogP) is 2.86. The Morgan fingerprint density at radius 3 is 2.80 bits per heavy atom. The molecule has 7 nitrogen and oxygen atoms in total. The summed E-state index contributed by atoms with van der Waals surface area (Å²) >= 11 is 0. The van der Waals surface area contributed by atoms with E-state index in [9.17, 15) is 4.79 Å². The van der Waals surface area contributed by atoms with Gasteiger partial charge in [-0.05, 0) is 70.8 Å². The number of hydrogen-bond acceptors (Lipinski definition) is 6. The van der Waals surface area contributed by atoms with Gasteiger partial charge in [-0.15, -0.1) is 0 Å². The molecule has 2 fully saturated rings. The van der Waals surface area contributed by atoms with E-state index >= 15 is 0 Å². The second kappa shape index (κ2) is 10.2. The number of aromatic nitrogens is 2. The highest BCUT2D eigenvalue weighted by molar-refractivity contribution is 5.78. The molecule has 0 spiro atoms. The molecule has 162 valence electrons. The number of aryl methyl sites for hydroxylation is 1. The van der Waals surface area contributed by atoms with Crippen molar-refractivity contribution in [2.75, 3.05) is 39.3 Å². The third-order valence-electron chi connectivity index (χ3n) is 6.24. The number of nitrogens with one attached hydrogen (secondary N) is 1. The van der Waals surface area contributed by atoms with Crippen molar-refractivity contribution in [2.24, 2.45) is 5.92 Å². The van der Waals surface area contributed by atoms with Crippen molar-refractivity contribution < 1.29 is 9.32 Å². The Morgan fingerprint density at radius 1 is 1.17 bits per heavy atom. The van der Waals surface area contributed by atoms with Crippen LogP contribution in [0.1, 0.15) is 43.6 Å². The van der Waals surface area contributed by atoms with Crippen molar-refractivity contribution in [3.63, 3.8) is 0 Å². The molecule has 1 atom stereocenters. The van der Waals surface area contributed by atoms with Crippen molar-refractivity contribution in [3.8, 4) is 11.4 Å². The minimum atomic E-state index is 0.0456. The topological polar surface area (TPSA) is 74.5 Å². The van der Waals surface area contributed by atoms with Crippen LogP contribution in [0.2, 0.25) is 0 Å². The van der Waals surface area contributed by atoms with E-state index in [2.05, 4.69) is 25.3 Å². The Bertz CT molecular complexity index is 831. The molecule has 0 bridgehead atoms. The zero-order valence-corrected chi connectivity index (χ0v) is 18.0. The highest BCUT2D eigenvalue weighted by Crippen LogP contribution is 2.22. The number of rotatable bonds is 8. The third kappa shape index (κ3) is 5.46. The zero-order chi connectivity index (χ0) is 20.8. The summed E-state index contributed by atoms with van der Waals surface area (Å²) < 4.78 is 5.49. The molecule has 2 aliphatic heterocycles. The number of hydrogen-bond donors (Lipinski definition) is 1. The van der Waals surface area contributed by atoms with Crippen molar-refractivity contribution in [1.29, 1.82) is 0 Å². The highest BCUT2D eigenvalue weighted by Gasteiger charge is 2.27. The van der Waals surface area contributed by atoms with Crippen molar-refractivity contribution in [2.45, 2.75) is 45.6 Å². The molecule has 1 unspecified atom stereocenters. The van der Waals surface area contributed by atoms with Gasteiger partial charge in [0.05, 0.1) is 12.5 Å². The number of likely N-dealkylation sites (tertiary alicyclic amines) is 2. The maximum absolute atomic E-state index is 12.6. The van der Waals surface area contributed by atoms with Crippen LogP contribution in [-0.4, -0.2) is 65.1 Å². The van der Waals surface area contributed by atoms with Gasteiger partial charge in [-0.25, -0.2) is 0 Å². The molecule has 2 saturated heterocycles. The van der Waals surface area contributed by atoms with Gasteiger partial charge in [0.2, 0.25) is 17.6 Å². The second-order valence-corrected chi connectivity index (χ2v) is 8.59. The van der Waals surface area contributed by atoms with Crippen molar-refractivity contribution in [1.82, 2.24) is 25.3 Å². The molecular formula is C23H33N5O2. The van der Waals surface area contributed by atoms with E-state index in [1.54, 1.807) is 0 Å². The average Bonchev–Trinajstić information content (AvgIpc) is 3.44. The number of benzene rings is 1. The Kier molecular flexibility index (Phi) is 7.12. The lowest BCUT2D eigenvalue weighted by Crippen LogP contribution is -2.43. The Balaban J connectivity index is 1.24. The van der Waals surface area contributed by atoms with Gasteiger partial charge in [0.1, 0.15) is 0 Å². The van der Waals surface area contributed by atoms with Gasteiger partial charge in [0.15, 0.2) is 0 Å². The van der Waals surface area contributed by atoms with Crippen LogP contribution in [0.15, 0.2) is 28.8 Å². The van der Waals surface area contributed by atoms with E-state index in [-0.39, 0.29) is 11.8 Å². The van der Waals surface area contributed by atoms with Gasteiger partial charge in [0.25, 0.3) is 0 Å². The summed E-state index contributed by atoms with van der Waals surface area (Å²) in [4.78, 5) is 21.9. The first-order valence-corrected chi connectivity index (χ1v) is 11.3. The largest absolute Gasteiger partial charge is 0.356 e. The quantitative estimate of drug-likeness (QED) is 0.674. The summed E-state index contributed by atoms with van der Waals surface area (Å²) in [5.41, 5.74) is 2.13. The maximum Gasteiger partial charge on any atom is 0.241 e. The van der Waals surface area contributed by atoms with Gasteiger partial charge < -0.3 is 14.7 Å². The normalized spacial score (nSPS) is 20.5.